The molecule has 0 spiro atoms. The molecule has 0 aliphatic heterocycles. The molecule has 4 nitrogen and oxygen atoms in total. The van der Waals surface area contributed by atoms with Crippen molar-refractivity contribution in [3.8, 4) is 0 Å². The van der Waals surface area contributed by atoms with Crippen molar-refractivity contribution in [3.05, 3.63) is 35.9 Å². The van der Waals surface area contributed by atoms with Crippen molar-refractivity contribution in [2.75, 3.05) is 13.2 Å². The second-order valence-electron chi connectivity index (χ2n) is 8.76. The van der Waals surface area contributed by atoms with Crippen molar-refractivity contribution in [1.82, 2.24) is 0 Å². The lowest BCUT2D eigenvalue weighted by molar-refractivity contribution is -0.167. The van der Waals surface area contributed by atoms with Crippen LogP contribution in [0.5, 0.6) is 0 Å². The van der Waals surface area contributed by atoms with Gasteiger partial charge in [0.15, 0.2) is 5.41 Å². The number of hydrogen-bond acceptors (Lipinski definition) is 4. The first-order chi connectivity index (χ1) is 10.9. The Labute approximate surface area is 145 Å². The van der Waals surface area contributed by atoms with Crippen LogP contribution in [0.4, 0.5) is 0 Å². The highest BCUT2D eigenvalue weighted by Gasteiger charge is 2.46. The minimum atomic E-state index is -1.47. The number of rotatable bonds is 5. The maximum absolute atomic E-state index is 12.8. The van der Waals surface area contributed by atoms with E-state index in [1.807, 2.05) is 47.6 Å². The van der Waals surface area contributed by atoms with E-state index in [1.165, 1.54) is 0 Å². The number of carbonyl (C=O) groups is 2. The van der Waals surface area contributed by atoms with Crippen LogP contribution in [0, 0.1) is 10.8 Å². The van der Waals surface area contributed by atoms with Gasteiger partial charge in [-0.05, 0) is 23.3 Å². The Morgan fingerprint density at radius 1 is 0.750 bits per heavy atom. The molecule has 0 saturated carbocycles. The zero-order chi connectivity index (χ0) is 18.6. The highest BCUT2D eigenvalue weighted by atomic mass is 16.6. The smallest absolute Gasteiger partial charge is 0.327 e. The van der Waals surface area contributed by atoms with Gasteiger partial charge in [-0.3, -0.25) is 9.59 Å². The topological polar surface area (TPSA) is 52.6 Å². The molecule has 0 atom stereocenters. The van der Waals surface area contributed by atoms with Crippen molar-refractivity contribution in [2.24, 2.45) is 10.8 Å². The molecule has 4 heteroatoms. The van der Waals surface area contributed by atoms with Gasteiger partial charge in [0.2, 0.25) is 0 Å². The minimum absolute atomic E-state index is 0.178. The summed E-state index contributed by atoms with van der Waals surface area (Å²) >= 11 is 0. The Kier molecular flexibility index (Phi) is 6.20. The Morgan fingerprint density at radius 3 is 1.46 bits per heavy atom. The summed E-state index contributed by atoms with van der Waals surface area (Å²) in [4.78, 5) is 25.5. The molecule has 0 bridgehead atoms. The van der Waals surface area contributed by atoms with Crippen molar-refractivity contribution in [1.29, 1.82) is 0 Å². The zero-order valence-electron chi connectivity index (χ0n) is 15.9. The molecule has 0 saturated heterocycles. The van der Waals surface area contributed by atoms with Gasteiger partial charge in [0.1, 0.15) is 0 Å². The maximum Gasteiger partial charge on any atom is 0.327 e. The molecule has 0 aromatic heterocycles. The van der Waals surface area contributed by atoms with Crippen LogP contribution in [0.3, 0.4) is 0 Å². The molecule has 0 N–H and O–H groups in total. The molecule has 0 unspecified atom stereocenters. The van der Waals surface area contributed by atoms with Gasteiger partial charge in [-0.25, -0.2) is 0 Å². The largest absolute Gasteiger partial charge is 0.464 e. The third kappa shape index (κ3) is 5.66. The van der Waals surface area contributed by atoms with Crippen LogP contribution in [-0.4, -0.2) is 25.2 Å². The standard InChI is InChI=1S/C20H30O4/c1-18(2,3)13-23-16(21)20(7,15-11-9-8-10-12-15)17(22)24-14-19(4,5)6/h8-12H,13-14H2,1-7H3. The van der Waals surface area contributed by atoms with Gasteiger partial charge < -0.3 is 9.47 Å². The lowest BCUT2D eigenvalue weighted by Gasteiger charge is -2.29. The minimum Gasteiger partial charge on any atom is -0.464 e. The van der Waals surface area contributed by atoms with Crippen LogP contribution in [-0.2, 0) is 24.5 Å². The number of benzene rings is 1. The maximum atomic E-state index is 12.8. The third-order valence-electron chi connectivity index (χ3n) is 3.44. The molecule has 0 amide bonds. The predicted octanol–water partition coefficient (Wildman–Crippen LogP) is 4.12. The quantitative estimate of drug-likeness (QED) is 0.600. The number of hydrogen-bond donors (Lipinski definition) is 0. The Morgan fingerprint density at radius 2 is 1.12 bits per heavy atom. The molecular formula is C20H30O4. The van der Waals surface area contributed by atoms with E-state index in [0.29, 0.717) is 5.56 Å². The van der Waals surface area contributed by atoms with E-state index in [9.17, 15) is 9.59 Å². The monoisotopic (exact) mass is 334 g/mol. The van der Waals surface area contributed by atoms with E-state index >= 15 is 0 Å². The Bertz CT molecular complexity index is 532. The average Bonchev–Trinajstić information content (AvgIpc) is 2.48. The molecule has 0 heterocycles. The molecule has 1 aromatic rings. The van der Waals surface area contributed by atoms with Gasteiger partial charge >= 0.3 is 11.9 Å². The number of carbonyl (C=O) groups excluding carboxylic acids is 2. The first-order valence-electron chi connectivity index (χ1n) is 8.26. The summed E-state index contributed by atoms with van der Waals surface area (Å²) in [6, 6.07) is 8.92. The fourth-order valence-electron chi connectivity index (χ4n) is 1.94. The second-order valence-corrected chi connectivity index (χ2v) is 8.76. The molecular weight excluding hydrogens is 304 g/mol. The molecule has 0 aliphatic carbocycles. The van der Waals surface area contributed by atoms with Crippen LogP contribution in [0.1, 0.15) is 54.0 Å². The van der Waals surface area contributed by atoms with E-state index in [2.05, 4.69) is 0 Å². The van der Waals surface area contributed by atoms with E-state index in [1.54, 1.807) is 31.2 Å². The van der Waals surface area contributed by atoms with Crippen LogP contribution in [0.2, 0.25) is 0 Å². The Hall–Kier alpha value is -1.84. The average molecular weight is 334 g/mol. The van der Waals surface area contributed by atoms with Crippen molar-refractivity contribution in [3.63, 3.8) is 0 Å². The van der Waals surface area contributed by atoms with Crippen LogP contribution in [0.15, 0.2) is 30.3 Å². The zero-order valence-corrected chi connectivity index (χ0v) is 15.9. The fourth-order valence-corrected chi connectivity index (χ4v) is 1.94. The van der Waals surface area contributed by atoms with E-state index < -0.39 is 17.4 Å². The molecule has 134 valence electrons. The van der Waals surface area contributed by atoms with Crippen molar-refractivity contribution in [2.45, 2.75) is 53.9 Å². The number of ether oxygens (including phenoxy) is 2. The van der Waals surface area contributed by atoms with Crippen LogP contribution in [0.25, 0.3) is 0 Å². The summed E-state index contributed by atoms with van der Waals surface area (Å²) in [7, 11) is 0. The summed E-state index contributed by atoms with van der Waals surface area (Å²) in [6.45, 7) is 13.9. The number of esters is 2. The highest BCUT2D eigenvalue weighted by Crippen LogP contribution is 2.29. The van der Waals surface area contributed by atoms with E-state index in [0.717, 1.165) is 0 Å². The fraction of sp³-hybridized carbons (Fsp3) is 0.600. The van der Waals surface area contributed by atoms with Gasteiger partial charge in [-0.1, -0.05) is 71.9 Å². The summed E-state index contributed by atoms with van der Waals surface area (Å²) < 4.78 is 10.9. The molecule has 0 aliphatic rings. The van der Waals surface area contributed by atoms with Gasteiger partial charge in [-0.2, -0.15) is 0 Å². The summed E-state index contributed by atoms with van der Waals surface area (Å²) in [6.07, 6.45) is 0. The third-order valence-corrected chi connectivity index (χ3v) is 3.44. The molecule has 0 fully saturated rings. The molecule has 24 heavy (non-hydrogen) atoms. The first kappa shape index (κ1) is 20.2. The summed E-state index contributed by atoms with van der Waals surface area (Å²) in [5, 5.41) is 0. The Balaban J connectivity index is 3.08. The molecule has 1 rings (SSSR count). The van der Waals surface area contributed by atoms with Gasteiger partial charge in [0.05, 0.1) is 13.2 Å². The van der Waals surface area contributed by atoms with Gasteiger partial charge in [0, 0.05) is 0 Å². The van der Waals surface area contributed by atoms with Crippen molar-refractivity contribution < 1.29 is 19.1 Å². The first-order valence-corrected chi connectivity index (χ1v) is 8.26. The molecule has 1 aromatic carbocycles. The van der Waals surface area contributed by atoms with Gasteiger partial charge in [-0.15, -0.1) is 0 Å². The summed E-state index contributed by atoms with van der Waals surface area (Å²) in [5.74, 6) is -1.16. The lowest BCUT2D eigenvalue weighted by Crippen LogP contribution is -2.45. The lowest BCUT2D eigenvalue weighted by atomic mass is 9.82. The van der Waals surface area contributed by atoms with Crippen LogP contribution < -0.4 is 0 Å². The van der Waals surface area contributed by atoms with E-state index in [4.69, 9.17) is 9.47 Å². The highest BCUT2D eigenvalue weighted by molar-refractivity contribution is 6.05. The van der Waals surface area contributed by atoms with E-state index in [-0.39, 0.29) is 24.0 Å². The summed E-state index contributed by atoms with van der Waals surface area (Å²) in [5.41, 5.74) is -1.26. The normalized spacial score (nSPS) is 12.6. The SMILES string of the molecule is CC(C)(C)COC(=O)C(C)(C(=O)OCC(C)(C)C)c1ccccc1. The molecule has 0 radical (unpaired) electrons. The predicted molar refractivity (Wildman–Crippen MR) is 94.6 cm³/mol. The van der Waals surface area contributed by atoms with Crippen LogP contribution >= 0.6 is 0 Å². The van der Waals surface area contributed by atoms with Gasteiger partial charge in [0.25, 0.3) is 0 Å². The van der Waals surface area contributed by atoms with Crippen molar-refractivity contribution >= 4 is 11.9 Å². The second kappa shape index (κ2) is 7.37.